The van der Waals surface area contributed by atoms with E-state index in [9.17, 15) is 5.11 Å². The second-order valence-electron chi connectivity index (χ2n) is 3.64. The average Bonchev–Trinajstić information content (AvgIpc) is 3.02. The Balaban J connectivity index is 1.88. The van der Waals surface area contributed by atoms with Gasteiger partial charge in [0.25, 0.3) is 5.89 Å². The molecule has 3 rings (SSSR count). The summed E-state index contributed by atoms with van der Waals surface area (Å²) in [7, 11) is 0. The van der Waals surface area contributed by atoms with Gasteiger partial charge < -0.3 is 9.63 Å². The highest BCUT2D eigenvalue weighted by Gasteiger charge is 2.14. The van der Waals surface area contributed by atoms with E-state index >= 15 is 0 Å². The Hall–Kier alpha value is -2.21. The third-order valence-electron chi connectivity index (χ3n) is 2.37. The first-order chi connectivity index (χ1) is 8.83. The van der Waals surface area contributed by atoms with Crippen LogP contribution in [0.5, 0.6) is 5.75 Å². The Morgan fingerprint density at radius 1 is 1.28 bits per heavy atom. The zero-order valence-corrected chi connectivity index (χ0v) is 10.1. The normalized spacial score (nSPS) is 10.7. The highest BCUT2D eigenvalue weighted by molar-refractivity contribution is 7.09. The molecule has 1 N–H and O–H groups in total. The zero-order chi connectivity index (χ0) is 12.4. The van der Waals surface area contributed by atoms with Crippen LogP contribution in [0.25, 0.3) is 11.6 Å². The lowest BCUT2D eigenvalue weighted by molar-refractivity contribution is 0.416. The summed E-state index contributed by atoms with van der Waals surface area (Å²) < 4.78 is 5.10. The summed E-state index contributed by atoms with van der Waals surface area (Å²) in [6.07, 6.45) is 2.19. The van der Waals surface area contributed by atoms with Gasteiger partial charge in [-0.1, -0.05) is 11.2 Å². The van der Waals surface area contributed by atoms with Crippen molar-refractivity contribution < 1.29 is 9.63 Å². The minimum Gasteiger partial charge on any atom is -0.505 e. The highest BCUT2D eigenvalue weighted by atomic mass is 32.1. The molecular weight excluding hydrogens is 250 g/mol. The second-order valence-corrected chi connectivity index (χ2v) is 4.68. The lowest BCUT2D eigenvalue weighted by Crippen LogP contribution is -1.88. The molecule has 0 aliphatic carbocycles. The van der Waals surface area contributed by atoms with Gasteiger partial charge in [0.2, 0.25) is 0 Å². The number of hydrogen-bond acceptors (Lipinski definition) is 6. The van der Waals surface area contributed by atoms with E-state index in [1.54, 1.807) is 23.6 Å². The van der Waals surface area contributed by atoms with Gasteiger partial charge in [-0.05, 0) is 23.6 Å². The van der Waals surface area contributed by atoms with Crippen LogP contribution >= 0.6 is 11.3 Å². The van der Waals surface area contributed by atoms with Gasteiger partial charge in [-0.15, -0.1) is 11.3 Å². The molecule has 0 saturated heterocycles. The Bertz CT molecular complexity index is 649. The van der Waals surface area contributed by atoms with Gasteiger partial charge in [-0.3, -0.25) is 0 Å². The molecule has 0 unspecified atom stereocenters. The number of aromatic nitrogens is 3. The van der Waals surface area contributed by atoms with Crippen LogP contribution in [0.2, 0.25) is 0 Å². The van der Waals surface area contributed by atoms with E-state index in [0.717, 1.165) is 4.88 Å². The van der Waals surface area contributed by atoms with Crippen molar-refractivity contribution in [1.29, 1.82) is 0 Å². The van der Waals surface area contributed by atoms with Gasteiger partial charge in [0.05, 0.1) is 0 Å². The topological polar surface area (TPSA) is 72.0 Å². The molecule has 0 amide bonds. The second kappa shape index (κ2) is 4.58. The Morgan fingerprint density at radius 3 is 3.00 bits per heavy atom. The molecule has 3 aromatic rings. The van der Waals surface area contributed by atoms with Gasteiger partial charge in [0.15, 0.2) is 11.5 Å². The molecule has 0 aliphatic heterocycles. The Labute approximate surface area is 107 Å². The van der Waals surface area contributed by atoms with Crippen molar-refractivity contribution >= 4 is 11.3 Å². The van der Waals surface area contributed by atoms with Crippen LogP contribution in [-0.2, 0) is 6.42 Å². The van der Waals surface area contributed by atoms with Crippen molar-refractivity contribution in [2.75, 3.05) is 0 Å². The van der Waals surface area contributed by atoms with Crippen molar-refractivity contribution in [1.82, 2.24) is 15.1 Å². The third kappa shape index (κ3) is 2.10. The number of pyridine rings is 1. The van der Waals surface area contributed by atoms with Crippen molar-refractivity contribution in [3.8, 4) is 17.3 Å². The number of nitrogens with zero attached hydrogens (tertiary/aromatic N) is 3. The molecule has 5 nitrogen and oxygen atoms in total. The lowest BCUT2D eigenvalue weighted by Gasteiger charge is -1.95. The molecule has 0 atom stereocenters. The maximum absolute atomic E-state index is 9.64. The predicted octanol–water partition coefficient (Wildman–Crippen LogP) is 2.49. The number of hydrogen-bond donors (Lipinski definition) is 1. The molecule has 0 saturated carbocycles. The monoisotopic (exact) mass is 259 g/mol. The molecule has 0 aromatic carbocycles. The number of rotatable bonds is 3. The van der Waals surface area contributed by atoms with Gasteiger partial charge >= 0.3 is 0 Å². The zero-order valence-electron chi connectivity index (χ0n) is 9.28. The fourth-order valence-electron chi connectivity index (χ4n) is 1.55. The standard InChI is InChI=1S/C12H9N3O2S/c16-9-4-1-5-13-11(9)12-14-10(15-17-12)7-8-3-2-6-18-8/h1-6,16H,7H2. The molecule has 0 bridgehead atoms. The first-order valence-corrected chi connectivity index (χ1v) is 6.20. The predicted molar refractivity (Wildman–Crippen MR) is 66.3 cm³/mol. The molecular formula is C12H9N3O2S. The van der Waals surface area contributed by atoms with E-state index in [4.69, 9.17) is 4.52 Å². The molecule has 0 aliphatic rings. The van der Waals surface area contributed by atoms with Crippen molar-refractivity contribution in [2.24, 2.45) is 0 Å². The van der Waals surface area contributed by atoms with Crippen molar-refractivity contribution in [3.63, 3.8) is 0 Å². The van der Waals surface area contributed by atoms with Crippen LogP contribution < -0.4 is 0 Å². The van der Waals surface area contributed by atoms with Crippen LogP contribution in [0.4, 0.5) is 0 Å². The fourth-order valence-corrected chi connectivity index (χ4v) is 2.25. The van der Waals surface area contributed by atoms with E-state index in [1.807, 2.05) is 17.5 Å². The lowest BCUT2D eigenvalue weighted by atomic mass is 10.3. The van der Waals surface area contributed by atoms with Crippen LogP contribution in [-0.4, -0.2) is 20.2 Å². The van der Waals surface area contributed by atoms with Crippen molar-refractivity contribution in [3.05, 3.63) is 46.5 Å². The molecule has 0 fully saturated rings. The van der Waals surface area contributed by atoms with Crippen molar-refractivity contribution in [2.45, 2.75) is 6.42 Å². The summed E-state index contributed by atoms with van der Waals surface area (Å²) in [5.74, 6) is 0.848. The summed E-state index contributed by atoms with van der Waals surface area (Å²) in [5, 5.41) is 15.5. The van der Waals surface area contributed by atoms with Gasteiger partial charge in [-0.2, -0.15) is 4.98 Å². The smallest absolute Gasteiger partial charge is 0.280 e. The summed E-state index contributed by atoms with van der Waals surface area (Å²) in [6, 6.07) is 7.16. The quantitative estimate of drug-likeness (QED) is 0.782. The molecule has 90 valence electrons. The average molecular weight is 259 g/mol. The maximum atomic E-state index is 9.64. The van der Waals surface area contributed by atoms with Gasteiger partial charge in [0.1, 0.15) is 5.75 Å². The summed E-state index contributed by atoms with van der Waals surface area (Å²) >= 11 is 1.64. The van der Waals surface area contributed by atoms with Gasteiger partial charge in [-0.25, -0.2) is 4.98 Å². The van der Waals surface area contributed by atoms with Crippen LogP contribution in [0.1, 0.15) is 10.7 Å². The summed E-state index contributed by atoms with van der Waals surface area (Å²) in [5.41, 5.74) is 0.308. The Morgan fingerprint density at radius 2 is 2.22 bits per heavy atom. The highest BCUT2D eigenvalue weighted by Crippen LogP contribution is 2.24. The first kappa shape index (κ1) is 10.9. The number of thiophene rings is 1. The number of aromatic hydroxyl groups is 1. The molecule has 6 heteroatoms. The maximum Gasteiger partial charge on any atom is 0.280 e. The summed E-state index contributed by atoms with van der Waals surface area (Å²) in [4.78, 5) is 9.40. The Kier molecular flexibility index (Phi) is 2.77. The van der Waals surface area contributed by atoms with E-state index in [1.165, 1.54) is 6.07 Å². The van der Waals surface area contributed by atoms with E-state index in [0.29, 0.717) is 17.9 Å². The van der Waals surface area contributed by atoms with E-state index < -0.39 is 0 Å². The van der Waals surface area contributed by atoms with Crippen LogP contribution in [0.3, 0.4) is 0 Å². The van der Waals surface area contributed by atoms with Crippen LogP contribution in [0.15, 0.2) is 40.4 Å². The SMILES string of the molecule is Oc1cccnc1-c1nc(Cc2cccs2)no1. The fraction of sp³-hybridized carbons (Fsp3) is 0.0833. The van der Waals surface area contributed by atoms with E-state index in [2.05, 4.69) is 15.1 Å². The molecule has 3 heterocycles. The van der Waals surface area contributed by atoms with Crippen LogP contribution in [0, 0.1) is 0 Å². The minimum absolute atomic E-state index is 0.0313. The summed E-state index contributed by atoms with van der Waals surface area (Å²) in [6.45, 7) is 0. The third-order valence-corrected chi connectivity index (χ3v) is 3.25. The minimum atomic E-state index is 0.0313. The van der Waals surface area contributed by atoms with E-state index in [-0.39, 0.29) is 11.6 Å². The largest absolute Gasteiger partial charge is 0.505 e. The molecule has 0 spiro atoms. The molecule has 0 radical (unpaired) electrons. The van der Waals surface area contributed by atoms with Gasteiger partial charge in [0, 0.05) is 17.5 Å². The molecule has 18 heavy (non-hydrogen) atoms. The first-order valence-electron chi connectivity index (χ1n) is 5.32. The molecule has 3 aromatic heterocycles.